The topological polar surface area (TPSA) is 101 Å². The van der Waals surface area contributed by atoms with Crippen molar-refractivity contribution < 1.29 is 29.7 Å². The summed E-state index contributed by atoms with van der Waals surface area (Å²) in [6.45, 7) is 1.59. The van der Waals surface area contributed by atoms with Gasteiger partial charge >= 0.3 is 5.97 Å². The molecule has 0 heterocycles. The van der Waals surface area contributed by atoms with Crippen molar-refractivity contribution in [1.82, 2.24) is 0 Å². The molecule has 0 aliphatic heterocycles. The van der Waals surface area contributed by atoms with Crippen LogP contribution >= 0.6 is 0 Å². The number of quaternary nitrogens is 1. The van der Waals surface area contributed by atoms with Crippen molar-refractivity contribution in [2.45, 2.75) is 116 Å². The number of hydrogen-bond donors (Lipinski definition) is 3. The summed E-state index contributed by atoms with van der Waals surface area (Å²) in [4.78, 5) is 11.2. The van der Waals surface area contributed by atoms with E-state index >= 15 is 0 Å². The molecule has 0 saturated carbocycles. The van der Waals surface area contributed by atoms with E-state index in [1.165, 1.54) is 77.0 Å². The van der Waals surface area contributed by atoms with Crippen LogP contribution in [0.1, 0.15) is 110 Å². The van der Waals surface area contributed by atoms with E-state index in [2.05, 4.69) is 6.92 Å². The lowest BCUT2D eigenvalue weighted by atomic mass is 10.0. The minimum atomic E-state index is -1.11. The molecule has 0 aliphatic carbocycles. The van der Waals surface area contributed by atoms with Crippen LogP contribution in [0, 0.1) is 0 Å². The van der Waals surface area contributed by atoms with E-state index in [4.69, 9.17) is 5.11 Å². The maximum atomic E-state index is 12.7. The Morgan fingerprint density at radius 3 is 1.43 bits per heavy atom. The predicted octanol–water partition coefficient (Wildman–Crippen LogP) is 3.82. The molecule has 0 bridgehead atoms. The quantitative estimate of drug-likeness (QED) is 0.130. The van der Waals surface area contributed by atoms with E-state index in [0.717, 1.165) is 19.3 Å². The first-order valence-corrected chi connectivity index (χ1v) is 12.5. The maximum absolute atomic E-state index is 12.7. The van der Waals surface area contributed by atoms with Crippen molar-refractivity contribution in [3.8, 4) is 0 Å². The summed E-state index contributed by atoms with van der Waals surface area (Å²) in [5, 5.41) is 40.4. The number of rotatable bonds is 23. The number of carboxylic acids is 1. The maximum Gasteiger partial charge on any atom is 0.359 e. The van der Waals surface area contributed by atoms with E-state index in [0.29, 0.717) is 6.42 Å². The fraction of sp³-hybridized carbons (Fsp3) is 0.958. The highest BCUT2D eigenvalue weighted by atomic mass is 16.4. The van der Waals surface area contributed by atoms with Gasteiger partial charge in [-0.05, 0) is 12.8 Å². The molecular formula is C24H49NO5. The number of unbranched alkanes of at least 4 members (excludes halogenated alkanes) is 14. The molecule has 0 aromatic carbocycles. The smallest absolute Gasteiger partial charge is 0.359 e. The van der Waals surface area contributed by atoms with E-state index in [-0.39, 0.29) is 37.3 Å². The van der Waals surface area contributed by atoms with Crippen LogP contribution in [0.2, 0.25) is 0 Å². The number of nitrogens with zero attached hydrogens (tertiary/aromatic N) is 1. The molecule has 6 heteroatoms. The summed E-state index contributed by atoms with van der Waals surface area (Å²) in [6, 6.07) is 0. The van der Waals surface area contributed by atoms with E-state index in [1.54, 1.807) is 0 Å². The number of carbonyl (C=O) groups is 1. The molecule has 0 rings (SSSR count). The van der Waals surface area contributed by atoms with Crippen LogP contribution in [0.4, 0.5) is 0 Å². The third-order valence-corrected chi connectivity index (χ3v) is 6.21. The molecule has 180 valence electrons. The van der Waals surface area contributed by atoms with Crippen LogP contribution in [0.25, 0.3) is 0 Å². The van der Waals surface area contributed by atoms with Gasteiger partial charge in [0.05, 0.1) is 13.2 Å². The first-order chi connectivity index (χ1) is 14.5. The summed E-state index contributed by atoms with van der Waals surface area (Å²) in [5.41, 5.74) is 0. The summed E-state index contributed by atoms with van der Waals surface area (Å²) < 4.78 is -0.277. The van der Waals surface area contributed by atoms with Crippen molar-refractivity contribution in [3.63, 3.8) is 0 Å². The van der Waals surface area contributed by atoms with Gasteiger partial charge in [0.15, 0.2) is 6.54 Å². The second-order valence-corrected chi connectivity index (χ2v) is 8.86. The van der Waals surface area contributed by atoms with E-state index in [9.17, 15) is 20.1 Å². The van der Waals surface area contributed by atoms with Gasteiger partial charge in [0.2, 0.25) is 0 Å². The summed E-state index contributed by atoms with van der Waals surface area (Å²) in [7, 11) is 0. The Labute approximate surface area is 184 Å². The van der Waals surface area contributed by atoms with Crippen molar-refractivity contribution in [2.75, 3.05) is 32.8 Å². The standard InChI is InChI=1S/C24H49NO5/c1-2-3-4-5-6-7-8-9-10-11-12-13-14-15-16-17-23(28)25(18-20-26,19-21-27)22-24(29)30/h23,26-27H,2-22H2,1H3,(H,29,30). The predicted molar refractivity (Wildman–Crippen MR) is 120 cm³/mol. The van der Waals surface area contributed by atoms with Gasteiger partial charge < -0.3 is 24.9 Å². The number of carboxylic acid groups (broad SMARTS) is 1. The summed E-state index contributed by atoms with van der Waals surface area (Å²) in [6.07, 6.45) is 18.2. The molecule has 0 radical (unpaired) electrons. The Morgan fingerprint density at radius 1 is 0.733 bits per heavy atom. The second-order valence-electron chi connectivity index (χ2n) is 8.86. The third kappa shape index (κ3) is 15.2. The minimum absolute atomic E-state index is 0.0831. The average Bonchev–Trinajstić information content (AvgIpc) is 2.70. The van der Waals surface area contributed by atoms with Crippen molar-refractivity contribution >= 4 is 5.97 Å². The van der Waals surface area contributed by atoms with Gasteiger partial charge in [-0.1, -0.05) is 96.8 Å². The summed E-state index contributed by atoms with van der Waals surface area (Å²) in [5.74, 6) is -1.06. The SMILES string of the molecule is CCCCCCCCCCCCCCCCCC([O-])[N+](CCO)(CCO)CC(=O)O. The lowest BCUT2D eigenvalue weighted by Gasteiger charge is -2.47. The van der Waals surface area contributed by atoms with Gasteiger partial charge in [-0.3, -0.25) is 0 Å². The average molecular weight is 432 g/mol. The molecule has 0 spiro atoms. The molecule has 0 aromatic rings. The van der Waals surface area contributed by atoms with Crippen molar-refractivity contribution in [2.24, 2.45) is 0 Å². The fourth-order valence-electron chi connectivity index (χ4n) is 4.29. The minimum Gasteiger partial charge on any atom is -0.806 e. The van der Waals surface area contributed by atoms with Gasteiger partial charge in [0, 0.05) is 6.23 Å². The van der Waals surface area contributed by atoms with Gasteiger partial charge in [-0.15, -0.1) is 0 Å². The molecular weight excluding hydrogens is 382 g/mol. The zero-order chi connectivity index (χ0) is 22.5. The van der Waals surface area contributed by atoms with Crippen LogP contribution in [0.15, 0.2) is 0 Å². The van der Waals surface area contributed by atoms with Crippen LogP contribution < -0.4 is 5.11 Å². The lowest BCUT2D eigenvalue weighted by molar-refractivity contribution is -1.01. The van der Waals surface area contributed by atoms with Crippen LogP contribution in [-0.2, 0) is 4.79 Å². The van der Waals surface area contributed by atoms with Crippen LogP contribution in [0.5, 0.6) is 0 Å². The van der Waals surface area contributed by atoms with Gasteiger partial charge in [0.25, 0.3) is 0 Å². The molecule has 3 N–H and O–H groups in total. The molecule has 0 fully saturated rings. The highest BCUT2D eigenvalue weighted by Gasteiger charge is 2.32. The fourth-order valence-corrected chi connectivity index (χ4v) is 4.29. The molecule has 0 amide bonds. The summed E-state index contributed by atoms with van der Waals surface area (Å²) >= 11 is 0. The Kier molecular flexibility index (Phi) is 19.8. The molecule has 1 atom stereocenters. The van der Waals surface area contributed by atoms with Crippen LogP contribution in [-0.4, -0.2) is 64.8 Å². The van der Waals surface area contributed by atoms with Crippen molar-refractivity contribution in [1.29, 1.82) is 0 Å². The zero-order valence-electron chi connectivity index (χ0n) is 19.5. The highest BCUT2D eigenvalue weighted by Crippen LogP contribution is 2.17. The Balaban J connectivity index is 3.75. The van der Waals surface area contributed by atoms with E-state index in [1.807, 2.05) is 0 Å². The lowest BCUT2D eigenvalue weighted by Crippen LogP contribution is -2.65. The highest BCUT2D eigenvalue weighted by molar-refractivity contribution is 5.67. The Morgan fingerprint density at radius 2 is 1.10 bits per heavy atom. The number of aliphatic carboxylic acids is 1. The normalized spacial score (nSPS) is 12.9. The monoisotopic (exact) mass is 431 g/mol. The first kappa shape index (κ1) is 29.3. The second kappa shape index (κ2) is 20.2. The Hall–Kier alpha value is -0.690. The van der Waals surface area contributed by atoms with Gasteiger partial charge in [0.1, 0.15) is 13.1 Å². The molecule has 6 nitrogen and oxygen atoms in total. The molecule has 0 aliphatic rings. The molecule has 30 heavy (non-hydrogen) atoms. The first-order valence-electron chi connectivity index (χ1n) is 12.5. The third-order valence-electron chi connectivity index (χ3n) is 6.21. The number of aliphatic hydroxyl groups excluding tert-OH is 2. The van der Waals surface area contributed by atoms with E-state index < -0.39 is 12.2 Å². The number of aliphatic hydroxyl groups is 2. The molecule has 0 saturated heterocycles. The Bertz CT molecular complexity index is 386. The van der Waals surface area contributed by atoms with Gasteiger partial charge in [-0.2, -0.15) is 0 Å². The number of hydrogen-bond acceptors (Lipinski definition) is 4. The largest absolute Gasteiger partial charge is 0.806 e. The van der Waals surface area contributed by atoms with Gasteiger partial charge in [-0.25, -0.2) is 4.79 Å². The van der Waals surface area contributed by atoms with Crippen LogP contribution in [0.3, 0.4) is 0 Å². The van der Waals surface area contributed by atoms with Crippen molar-refractivity contribution in [3.05, 3.63) is 0 Å². The molecule has 0 aromatic heterocycles. The molecule has 1 unspecified atom stereocenters. The zero-order valence-corrected chi connectivity index (χ0v) is 19.5.